The van der Waals surface area contributed by atoms with Crippen LogP contribution in [0.3, 0.4) is 0 Å². The number of carbonyl (C=O) groups excluding carboxylic acids is 1. The highest BCUT2D eigenvalue weighted by atomic mass is 19.1. The number of hydrogen-bond acceptors (Lipinski definition) is 5. The lowest BCUT2D eigenvalue weighted by molar-refractivity contribution is -0.130. The molecule has 140 valence electrons. The third kappa shape index (κ3) is 3.79. The van der Waals surface area contributed by atoms with Gasteiger partial charge in [0.1, 0.15) is 5.82 Å². The summed E-state index contributed by atoms with van der Waals surface area (Å²) in [6.07, 6.45) is 1.74. The number of rotatable bonds is 6. The molecule has 2 aromatic heterocycles. The molecule has 0 atom stereocenters. The summed E-state index contributed by atoms with van der Waals surface area (Å²) in [5, 5.41) is 4.11. The molecular weight excluding hydrogens is 347 g/mol. The molecular formula is C19H21FN6O. The Labute approximate surface area is 156 Å². The van der Waals surface area contributed by atoms with Crippen LogP contribution in [0.2, 0.25) is 0 Å². The molecule has 1 aromatic carbocycles. The lowest BCUT2D eigenvalue weighted by Crippen LogP contribution is -2.33. The minimum atomic E-state index is -0.340. The van der Waals surface area contributed by atoms with Gasteiger partial charge in [-0.2, -0.15) is 9.50 Å². The van der Waals surface area contributed by atoms with Crippen LogP contribution in [-0.2, 0) is 17.8 Å². The van der Waals surface area contributed by atoms with Gasteiger partial charge in [0.05, 0.1) is 6.42 Å². The highest BCUT2D eigenvalue weighted by molar-refractivity contribution is 5.79. The number of nitrogens with zero attached hydrogens (tertiary/aromatic N) is 5. The number of fused-ring (bicyclic) bond motifs is 1. The molecule has 0 unspecified atom stereocenters. The van der Waals surface area contributed by atoms with Gasteiger partial charge in [-0.1, -0.05) is 24.3 Å². The maximum atomic E-state index is 14.0. The Morgan fingerprint density at radius 3 is 2.78 bits per heavy atom. The van der Waals surface area contributed by atoms with Crippen molar-refractivity contribution in [2.75, 3.05) is 12.3 Å². The van der Waals surface area contributed by atoms with Gasteiger partial charge in [0.25, 0.3) is 5.78 Å². The van der Waals surface area contributed by atoms with E-state index in [0.717, 1.165) is 11.3 Å². The SMILES string of the molecule is C=CCN(Cc1ccccc1F)C(=O)Cc1c(C)nc2nc(N)nn2c1C. The first-order valence-corrected chi connectivity index (χ1v) is 8.51. The van der Waals surface area contributed by atoms with E-state index in [1.165, 1.54) is 10.6 Å². The third-order valence-electron chi connectivity index (χ3n) is 4.41. The van der Waals surface area contributed by atoms with E-state index in [1.54, 1.807) is 29.2 Å². The number of amides is 1. The number of anilines is 1. The van der Waals surface area contributed by atoms with Crippen molar-refractivity contribution in [3.05, 3.63) is 65.3 Å². The number of aromatic nitrogens is 4. The molecule has 0 aliphatic carbocycles. The molecule has 3 aromatic rings. The maximum Gasteiger partial charge on any atom is 0.254 e. The second kappa shape index (κ2) is 7.53. The zero-order valence-electron chi connectivity index (χ0n) is 15.3. The van der Waals surface area contributed by atoms with Crippen LogP contribution in [-0.4, -0.2) is 36.9 Å². The minimum Gasteiger partial charge on any atom is -0.366 e. The molecule has 0 spiro atoms. The van der Waals surface area contributed by atoms with E-state index in [4.69, 9.17) is 5.73 Å². The monoisotopic (exact) mass is 368 g/mol. The number of nitrogens with two attached hydrogens (primary N) is 1. The lowest BCUT2D eigenvalue weighted by atomic mass is 10.1. The number of carbonyl (C=O) groups is 1. The third-order valence-corrected chi connectivity index (χ3v) is 4.41. The van der Waals surface area contributed by atoms with Gasteiger partial charge in [-0.3, -0.25) is 4.79 Å². The molecule has 3 rings (SSSR count). The summed E-state index contributed by atoms with van der Waals surface area (Å²) in [5.74, 6) is 0.0285. The average molecular weight is 368 g/mol. The number of nitrogen functional groups attached to an aromatic ring is 1. The zero-order chi connectivity index (χ0) is 19.6. The van der Waals surface area contributed by atoms with E-state index in [0.29, 0.717) is 23.6 Å². The molecule has 1 amide bonds. The Morgan fingerprint density at radius 1 is 1.33 bits per heavy atom. The maximum absolute atomic E-state index is 14.0. The topological polar surface area (TPSA) is 89.4 Å². The van der Waals surface area contributed by atoms with Crippen LogP contribution in [0.1, 0.15) is 22.5 Å². The van der Waals surface area contributed by atoms with Gasteiger partial charge < -0.3 is 10.6 Å². The van der Waals surface area contributed by atoms with E-state index in [-0.39, 0.29) is 30.6 Å². The van der Waals surface area contributed by atoms with Crippen molar-refractivity contribution in [3.8, 4) is 0 Å². The first kappa shape index (κ1) is 18.5. The average Bonchev–Trinajstić information content (AvgIpc) is 3.00. The van der Waals surface area contributed by atoms with E-state index in [9.17, 15) is 9.18 Å². The van der Waals surface area contributed by atoms with Gasteiger partial charge >= 0.3 is 0 Å². The van der Waals surface area contributed by atoms with Gasteiger partial charge in [0, 0.05) is 35.6 Å². The minimum absolute atomic E-state index is 0.114. The Balaban J connectivity index is 1.88. The van der Waals surface area contributed by atoms with Gasteiger partial charge in [-0.15, -0.1) is 11.7 Å². The van der Waals surface area contributed by atoms with Crippen LogP contribution >= 0.6 is 0 Å². The van der Waals surface area contributed by atoms with Crippen LogP contribution in [0, 0.1) is 19.7 Å². The van der Waals surface area contributed by atoms with E-state index >= 15 is 0 Å². The molecule has 0 fully saturated rings. The normalized spacial score (nSPS) is 10.9. The van der Waals surface area contributed by atoms with Gasteiger partial charge in [0.15, 0.2) is 0 Å². The van der Waals surface area contributed by atoms with Crippen molar-refractivity contribution < 1.29 is 9.18 Å². The summed E-state index contributed by atoms with van der Waals surface area (Å²) in [4.78, 5) is 22.9. The zero-order valence-corrected chi connectivity index (χ0v) is 15.3. The summed E-state index contributed by atoms with van der Waals surface area (Å²) >= 11 is 0. The predicted molar refractivity (Wildman–Crippen MR) is 100 cm³/mol. The number of benzene rings is 1. The largest absolute Gasteiger partial charge is 0.366 e. The van der Waals surface area contributed by atoms with E-state index in [2.05, 4.69) is 21.6 Å². The summed E-state index contributed by atoms with van der Waals surface area (Å²) in [6, 6.07) is 6.42. The summed E-state index contributed by atoms with van der Waals surface area (Å²) < 4.78 is 15.5. The van der Waals surface area contributed by atoms with Crippen molar-refractivity contribution in [3.63, 3.8) is 0 Å². The van der Waals surface area contributed by atoms with Crippen molar-refractivity contribution >= 4 is 17.6 Å². The first-order chi connectivity index (χ1) is 12.9. The fraction of sp³-hybridized carbons (Fsp3) is 0.263. The fourth-order valence-corrected chi connectivity index (χ4v) is 2.99. The molecule has 0 saturated carbocycles. The van der Waals surface area contributed by atoms with Crippen LogP contribution in [0.4, 0.5) is 10.3 Å². The molecule has 0 radical (unpaired) electrons. The van der Waals surface area contributed by atoms with Gasteiger partial charge in [-0.05, 0) is 19.9 Å². The van der Waals surface area contributed by atoms with E-state index in [1.807, 2.05) is 13.8 Å². The highest BCUT2D eigenvalue weighted by Crippen LogP contribution is 2.17. The smallest absolute Gasteiger partial charge is 0.254 e. The second-order valence-corrected chi connectivity index (χ2v) is 6.27. The Kier molecular flexibility index (Phi) is 5.16. The lowest BCUT2D eigenvalue weighted by Gasteiger charge is -2.22. The Hall–Kier alpha value is -3.29. The molecule has 0 aliphatic rings. The van der Waals surface area contributed by atoms with Crippen molar-refractivity contribution in [1.29, 1.82) is 0 Å². The summed E-state index contributed by atoms with van der Waals surface area (Å²) in [5.41, 5.74) is 8.29. The number of hydrogen-bond donors (Lipinski definition) is 1. The first-order valence-electron chi connectivity index (χ1n) is 8.51. The van der Waals surface area contributed by atoms with Gasteiger partial charge in [0.2, 0.25) is 11.9 Å². The molecule has 2 heterocycles. The summed E-state index contributed by atoms with van der Waals surface area (Å²) in [6.45, 7) is 7.84. The molecule has 0 bridgehead atoms. The van der Waals surface area contributed by atoms with Crippen LogP contribution in [0.5, 0.6) is 0 Å². The molecule has 27 heavy (non-hydrogen) atoms. The number of halogens is 1. The second-order valence-electron chi connectivity index (χ2n) is 6.27. The highest BCUT2D eigenvalue weighted by Gasteiger charge is 2.20. The molecule has 7 nitrogen and oxygen atoms in total. The fourth-order valence-electron chi connectivity index (χ4n) is 2.99. The standard InChI is InChI=1S/C19H21FN6O/c1-4-9-25(11-14-7-5-6-8-16(14)20)17(27)10-15-12(2)22-19-23-18(21)24-26(19)13(15)3/h4-8H,1,9-11H2,2-3H3,(H2,21,24). The molecule has 2 N–H and O–H groups in total. The van der Waals surface area contributed by atoms with E-state index < -0.39 is 0 Å². The van der Waals surface area contributed by atoms with Crippen LogP contribution in [0.15, 0.2) is 36.9 Å². The van der Waals surface area contributed by atoms with Crippen molar-refractivity contribution in [2.24, 2.45) is 0 Å². The van der Waals surface area contributed by atoms with Crippen LogP contribution < -0.4 is 5.73 Å². The van der Waals surface area contributed by atoms with Crippen molar-refractivity contribution in [1.82, 2.24) is 24.5 Å². The van der Waals surface area contributed by atoms with Crippen LogP contribution in [0.25, 0.3) is 5.78 Å². The molecule has 8 heteroatoms. The Bertz CT molecular complexity index is 1010. The number of aryl methyl sites for hydroxylation is 2. The quantitative estimate of drug-likeness (QED) is 0.674. The molecule has 0 saturated heterocycles. The molecule has 0 aliphatic heterocycles. The van der Waals surface area contributed by atoms with Crippen molar-refractivity contribution in [2.45, 2.75) is 26.8 Å². The van der Waals surface area contributed by atoms with Gasteiger partial charge in [-0.25, -0.2) is 9.37 Å². The Morgan fingerprint density at radius 2 is 2.07 bits per heavy atom. The predicted octanol–water partition coefficient (Wildman–Crippen LogP) is 2.22. The summed E-state index contributed by atoms with van der Waals surface area (Å²) in [7, 11) is 0.